The third kappa shape index (κ3) is 3.94. The molecule has 1 unspecified atom stereocenters. The topological polar surface area (TPSA) is 71.2 Å². The molecule has 0 aliphatic heterocycles. The van der Waals surface area contributed by atoms with Crippen molar-refractivity contribution in [3.63, 3.8) is 0 Å². The van der Waals surface area contributed by atoms with Crippen molar-refractivity contribution in [3.8, 4) is 0 Å². The summed E-state index contributed by atoms with van der Waals surface area (Å²) in [6.45, 7) is 0.0351. The molecular weight excluding hydrogens is 306 g/mol. The van der Waals surface area contributed by atoms with Crippen molar-refractivity contribution in [2.24, 2.45) is 0 Å². The van der Waals surface area contributed by atoms with E-state index in [1.807, 2.05) is 30.3 Å². The van der Waals surface area contributed by atoms with Gasteiger partial charge in [0, 0.05) is 0 Å². The Morgan fingerprint density at radius 3 is 2.68 bits per heavy atom. The van der Waals surface area contributed by atoms with Gasteiger partial charge in [-0.1, -0.05) is 30.3 Å². The second-order valence-corrected chi connectivity index (χ2v) is 5.17. The van der Waals surface area contributed by atoms with Crippen LogP contribution < -0.4 is 11.1 Å². The molecule has 0 radical (unpaired) electrons. The fourth-order valence-corrected chi connectivity index (χ4v) is 2.29. The lowest BCUT2D eigenvalue weighted by atomic mass is 10.1. The molecule has 0 saturated carbocycles. The molecule has 0 amide bonds. The Balaban J connectivity index is 2.06. The molecular formula is C14H16BrN3O. The zero-order valence-corrected chi connectivity index (χ0v) is 12.0. The van der Waals surface area contributed by atoms with Crippen LogP contribution in [0, 0.1) is 0 Å². The molecule has 1 heterocycles. The molecule has 1 aromatic carbocycles. The molecule has 0 spiro atoms. The van der Waals surface area contributed by atoms with Crippen molar-refractivity contribution < 1.29 is 5.11 Å². The number of benzene rings is 1. The van der Waals surface area contributed by atoms with Gasteiger partial charge in [-0.15, -0.1) is 0 Å². The van der Waals surface area contributed by atoms with Gasteiger partial charge >= 0.3 is 0 Å². The van der Waals surface area contributed by atoms with Gasteiger partial charge in [-0.3, -0.25) is 0 Å². The molecule has 19 heavy (non-hydrogen) atoms. The number of hydrogen-bond acceptors (Lipinski definition) is 4. The van der Waals surface area contributed by atoms with Crippen molar-refractivity contribution in [1.29, 1.82) is 0 Å². The molecule has 0 saturated heterocycles. The first-order chi connectivity index (χ1) is 9.19. The highest BCUT2D eigenvalue weighted by atomic mass is 79.9. The van der Waals surface area contributed by atoms with Crippen molar-refractivity contribution >= 4 is 27.4 Å². The van der Waals surface area contributed by atoms with E-state index in [1.165, 1.54) is 5.56 Å². The fraction of sp³-hybridized carbons (Fsp3) is 0.214. The van der Waals surface area contributed by atoms with E-state index in [-0.39, 0.29) is 12.6 Å². The van der Waals surface area contributed by atoms with Gasteiger partial charge < -0.3 is 16.2 Å². The number of rotatable bonds is 5. The molecule has 100 valence electrons. The minimum Gasteiger partial charge on any atom is -0.397 e. The van der Waals surface area contributed by atoms with Crippen LogP contribution in [0.3, 0.4) is 0 Å². The quantitative estimate of drug-likeness (QED) is 0.791. The van der Waals surface area contributed by atoms with Gasteiger partial charge in [0.2, 0.25) is 0 Å². The minimum absolute atomic E-state index is 0.0351. The molecule has 1 aromatic heterocycles. The van der Waals surface area contributed by atoms with E-state index in [0.29, 0.717) is 11.5 Å². The normalized spacial score (nSPS) is 12.1. The Morgan fingerprint density at radius 2 is 2.05 bits per heavy atom. The Morgan fingerprint density at radius 1 is 1.32 bits per heavy atom. The first-order valence-corrected chi connectivity index (χ1v) is 6.80. The lowest BCUT2D eigenvalue weighted by molar-refractivity contribution is 0.273. The van der Waals surface area contributed by atoms with Gasteiger partial charge in [0.05, 0.1) is 29.0 Å². The number of nitrogens with zero attached hydrogens (tertiary/aromatic N) is 1. The van der Waals surface area contributed by atoms with E-state index in [2.05, 4.69) is 26.2 Å². The van der Waals surface area contributed by atoms with Crippen LogP contribution in [-0.2, 0) is 6.42 Å². The highest BCUT2D eigenvalue weighted by Gasteiger charge is 2.11. The molecule has 0 bridgehead atoms. The molecule has 4 nitrogen and oxygen atoms in total. The van der Waals surface area contributed by atoms with Gasteiger partial charge in [0.25, 0.3) is 0 Å². The third-order valence-corrected chi connectivity index (χ3v) is 3.35. The van der Waals surface area contributed by atoms with Gasteiger partial charge in [-0.05, 0) is 34.0 Å². The first-order valence-electron chi connectivity index (χ1n) is 6.01. The lowest BCUT2D eigenvalue weighted by Gasteiger charge is -2.18. The predicted molar refractivity (Wildman–Crippen MR) is 81.0 cm³/mol. The van der Waals surface area contributed by atoms with Gasteiger partial charge in [-0.2, -0.15) is 0 Å². The van der Waals surface area contributed by atoms with Crippen molar-refractivity contribution in [2.45, 2.75) is 12.5 Å². The minimum atomic E-state index is -0.0881. The predicted octanol–water partition coefficient (Wildman–Crippen LogP) is 2.44. The second kappa shape index (κ2) is 6.54. The number of anilines is 2. The number of aromatic nitrogens is 1. The molecule has 4 N–H and O–H groups in total. The summed E-state index contributed by atoms with van der Waals surface area (Å²) >= 11 is 3.40. The molecule has 0 fully saturated rings. The highest BCUT2D eigenvalue weighted by Crippen LogP contribution is 2.22. The van der Waals surface area contributed by atoms with Crippen LogP contribution in [0.1, 0.15) is 5.56 Å². The summed E-state index contributed by atoms with van der Waals surface area (Å²) in [4.78, 5) is 4.21. The molecule has 5 heteroatoms. The Hall–Kier alpha value is -1.59. The number of halogens is 1. The maximum atomic E-state index is 9.46. The average Bonchev–Trinajstić information content (AvgIpc) is 2.42. The van der Waals surface area contributed by atoms with E-state index in [0.717, 1.165) is 10.9 Å². The Kier molecular flexibility index (Phi) is 4.76. The lowest BCUT2D eigenvalue weighted by Crippen LogP contribution is -2.27. The van der Waals surface area contributed by atoms with Crippen LogP contribution in [-0.4, -0.2) is 22.7 Å². The number of nitrogens with one attached hydrogen (secondary N) is 1. The smallest absolute Gasteiger partial charge is 0.140 e. The maximum Gasteiger partial charge on any atom is 0.140 e. The number of hydrogen-bond donors (Lipinski definition) is 3. The maximum absolute atomic E-state index is 9.46. The van der Waals surface area contributed by atoms with Gasteiger partial charge in [-0.25, -0.2) is 4.98 Å². The summed E-state index contributed by atoms with van der Waals surface area (Å²) < 4.78 is 0.791. The van der Waals surface area contributed by atoms with Crippen LogP contribution in [0.4, 0.5) is 11.5 Å². The van der Waals surface area contributed by atoms with Gasteiger partial charge in [0.1, 0.15) is 5.82 Å². The zero-order chi connectivity index (χ0) is 13.7. The summed E-state index contributed by atoms with van der Waals surface area (Å²) in [5.74, 6) is 0.684. The van der Waals surface area contributed by atoms with Gasteiger partial charge in [0.15, 0.2) is 0 Å². The van der Waals surface area contributed by atoms with E-state index in [1.54, 1.807) is 12.3 Å². The second-order valence-electron chi connectivity index (χ2n) is 4.31. The van der Waals surface area contributed by atoms with E-state index in [4.69, 9.17) is 5.73 Å². The third-order valence-electron chi connectivity index (χ3n) is 2.75. The fourth-order valence-electron chi connectivity index (χ4n) is 1.81. The summed E-state index contributed by atoms with van der Waals surface area (Å²) in [5, 5.41) is 12.7. The molecule has 2 aromatic rings. The van der Waals surface area contributed by atoms with Crippen molar-refractivity contribution in [1.82, 2.24) is 4.98 Å². The summed E-state index contributed by atoms with van der Waals surface area (Å²) in [6, 6.07) is 11.7. The molecule has 1 atom stereocenters. The number of nitrogens with two attached hydrogens (primary N) is 1. The van der Waals surface area contributed by atoms with Crippen LogP contribution >= 0.6 is 15.9 Å². The SMILES string of the molecule is Nc1cnc(NC(CO)Cc2ccccc2)c(Br)c1. The summed E-state index contributed by atoms with van der Waals surface area (Å²) in [7, 11) is 0. The molecule has 0 aliphatic rings. The van der Waals surface area contributed by atoms with Crippen LogP contribution in [0.2, 0.25) is 0 Å². The average molecular weight is 322 g/mol. The van der Waals surface area contributed by atoms with Crippen LogP contribution in [0.5, 0.6) is 0 Å². The molecule has 2 rings (SSSR count). The standard InChI is InChI=1S/C14H16BrN3O/c15-13-7-11(16)8-17-14(13)18-12(9-19)6-10-4-2-1-3-5-10/h1-5,7-8,12,19H,6,9,16H2,(H,17,18). The monoisotopic (exact) mass is 321 g/mol. The zero-order valence-electron chi connectivity index (χ0n) is 10.4. The van der Waals surface area contributed by atoms with Crippen molar-refractivity contribution in [3.05, 3.63) is 52.6 Å². The van der Waals surface area contributed by atoms with E-state index in [9.17, 15) is 5.11 Å². The summed E-state index contributed by atoms with van der Waals surface area (Å²) in [6.07, 6.45) is 2.32. The largest absolute Gasteiger partial charge is 0.397 e. The van der Waals surface area contributed by atoms with E-state index >= 15 is 0 Å². The number of aliphatic hydroxyl groups excluding tert-OH is 1. The highest BCUT2D eigenvalue weighted by molar-refractivity contribution is 9.10. The number of pyridine rings is 1. The number of aliphatic hydroxyl groups is 1. The van der Waals surface area contributed by atoms with Crippen LogP contribution in [0.25, 0.3) is 0 Å². The van der Waals surface area contributed by atoms with Crippen molar-refractivity contribution in [2.75, 3.05) is 17.7 Å². The molecule has 0 aliphatic carbocycles. The van der Waals surface area contributed by atoms with E-state index < -0.39 is 0 Å². The Labute approximate surface area is 120 Å². The first kappa shape index (κ1) is 13.8. The van der Waals surface area contributed by atoms with Crippen LogP contribution in [0.15, 0.2) is 47.1 Å². The Bertz CT molecular complexity index is 533. The number of nitrogen functional groups attached to an aromatic ring is 1. The summed E-state index contributed by atoms with van der Waals surface area (Å²) in [5.41, 5.74) is 7.41.